The standard InChI is InChI=1S/C20H16ClNO3/c21-16-6-3-4-14(10-16)11-22-20(24)13-25-19-9-8-15-5-1-2-7-17(15)18(19)12-23/h1-10,12H,11,13H2,(H,22,24). The van der Waals surface area contributed by atoms with Gasteiger partial charge in [-0.05, 0) is 34.5 Å². The molecular weight excluding hydrogens is 338 g/mol. The Morgan fingerprint density at radius 2 is 1.92 bits per heavy atom. The normalized spacial score (nSPS) is 10.4. The smallest absolute Gasteiger partial charge is 0.258 e. The number of aldehydes is 1. The van der Waals surface area contributed by atoms with Crippen molar-refractivity contribution in [3.8, 4) is 5.75 Å². The predicted molar refractivity (Wildman–Crippen MR) is 98.1 cm³/mol. The van der Waals surface area contributed by atoms with Crippen LogP contribution in [0.2, 0.25) is 5.02 Å². The van der Waals surface area contributed by atoms with Crippen LogP contribution >= 0.6 is 11.6 Å². The molecule has 1 amide bonds. The van der Waals surface area contributed by atoms with Crippen LogP contribution in [-0.2, 0) is 11.3 Å². The number of amides is 1. The molecule has 0 unspecified atom stereocenters. The van der Waals surface area contributed by atoms with Gasteiger partial charge in [-0.2, -0.15) is 0 Å². The summed E-state index contributed by atoms with van der Waals surface area (Å²) in [5.74, 6) is 0.122. The second kappa shape index (κ2) is 7.81. The molecule has 0 saturated heterocycles. The minimum absolute atomic E-state index is 0.167. The second-order valence-corrected chi connectivity index (χ2v) is 5.95. The molecule has 25 heavy (non-hydrogen) atoms. The fourth-order valence-corrected chi connectivity index (χ4v) is 2.78. The minimum Gasteiger partial charge on any atom is -0.483 e. The third-order valence-corrected chi connectivity index (χ3v) is 4.02. The van der Waals surface area contributed by atoms with E-state index in [-0.39, 0.29) is 12.5 Å². The molecule has 4 nitrogen and oxygen atoms in total. The summed E-state index contributed by atoms with van der Waals surface area (Å²) in [6, 6.07) is 18.4. The van der Waals surface area contributed by atoms with E-state index in [4.69, 9.17) is 16.3 Å². The number of rotatable bonds is 6. The lowest BCUT2D eigenvalue weighted by atomic mass is 10.0. The van der Waals surface area contributed by atoms with Gasteiger partial charge in [0.05, 0.1) is 5.56 Å². The number of carbonyl (C=O) groups is 2. The van der Waals surface area contributed by atoms with Crippen LogP contribution in [0.1, 0.15) is 15.9 Å². The quantitative estimate of drug-likeness (QED) is 0.681. The molecule has 3 aromatic rings. The summed E-state index contributed by atoms with van der Waals surface area (Å²) in [4.78, 5) is 23.4. The number of ether oxygens (including phenoxy) is 1. The number of hydrogen-bond donors (Lipinski definition) is 1. The van der Waals surface area contributed by atoms with Gasteiger partial charge in [-0.1, -0.05) is 54.1 Å². The second-order valence-electron chi connectivity index (χ2n) is 5.51. The third kappa shape index (κ3) is 4.17. The SMILES string of the molecule is O=Cc1c(OCC(=O)NCc2cccc(Cl)c2)ccc2ccccc12. The number of fused-ring (bicyclic) bond motifs is 1. The molecule has 5 heteroatoms. The first-order valence-electron chi connectivity index (χ1n) is 7.78. The first-order chi connectivity index (χ1) is 12.2. The minimum atomic E-state index is -0.273. The summed E-state index contributed by atoms with van der Waals surface area (Å²) in [7, 11) is 0. The number of hydrogen-bond acceptors (Lipinski definition) is 3. The van der Waals surface area contributed by atoms with Crippen LogP contribution in [0.25, 0.3) is 10.8 Å². The van der Waals surface area contributed by atoms with Crippen molar-refractivity contribution in [2.45, 2.75) is 6.54 Å². The summed E-state index contributed by atoms with van der Waals surface area (Å²) in [5, 5.41) is 5.13. The highest BCUT2D eigenvalue weighted by molar-refractivity contribution is 6.30. The fourth-order valence-electron chi connectivity index (χ4n) is 2.56. The molecule has 0 heterocycles. The van der Waals surface area contributed by atoms with Gasteiger partial charge in [0.1, 0.15) is 5.75 Å². The van der Waals surface area contributed by atoms with Crippen molar-refractivity contribution in [2.75, 3.05) is 6.61 Å². The predicted octanol–water partition coefficient (Wildman–Crippen LogP) is 4.00. The molecule has 0 spiro atoms. The molecule has 0 aliphatic heterocycles. The zero-order chi connectivity index (χ0) is 17.6. The molecule has 3 aromatic carbocycles. The molecule has 1 N–H and O–H groups in total. The van der Waals surface area contributed by atoms with Crippen LogP contribution in [-0.4, -0.2) is 18.8 Å². The van der Waals surface area contributed by atoms with Crippen LogP contribution in [0, 0.1) is 0 Å². The van der Waals surface area contributed by atoms with Crippen LogP contribution in [0.4, 0.5) is 0 Å². The first kappa shape index (κ1) is 17.0. The van der Waals surface area contributed by atoms with E-state index in [1.54, 1.807) is 18.2 Å². The fraction of sp³-hybridized carbons (Fsp3) is 0.100. The van der Waals surface area contributed by atoms with E-state index in [1.165, 1.54) is 0 Å². The molecule has 0 aliphatic carbocycles. The molecular formula is C20H16ClNO3. The summed E-state index contributed by atoms with van der Waals surface area (Å²) >= 11 is 5.91. The van der Waals surface area contributed by atoms with Gasteiger partial charge in [-0.3, -0.25) is 9.59 Å². The first-order valence-corrected chi connectivity index (χ1v) is 8.16. The van der Waals surface area contributed by atoms with Gasteiger partial charge in [0.2, 0.25) is 0 Å². The van der Waals surface area contributed by atoms with Crippen LogP contribution in [0.3, 0.4) is 0 Å². The molecule has 0 aromatic heterocycles. The van der Waals surface area contributed by atoms with Crippen LogP contribution in [0.15, 0.2) is 60.7 Å². The Kier molecular flexibility index (Phi) is 5.31. The largest absolute Gasteiger partial charge is 0.483 e. The van der Waals surface area contributed by atoms with Gasteiger partial charge in [0.15, 0.2) is 12.9 Å². The lowest BCUT2D eigenvalue weighted by Gasteiger charge is -2.11. The molecule has 0 radical (unpaired) electrons. The van der Waals surface area contributed by atoms with Crippen molar-refractivity contribution in [3.05, 3.63) is 76.8 Å². The van der Waals surface area contributed by atoms with Crippen molar-refractivity contribution < 1.29 is 14.3 Å². The van der Waals surface area contributed by atoms with E-state index in [1.807, 2.05) is 42.5 Å². The van der Waals surface area contributed by atoms with Gasteiger partial charge >= 0.3 is 0 Å². The Bertz CT molecular complexity index is 924. The van der Waals surface area contributed by atoms with E-state index in [9.17, 15) is 9.59 Å². The lowest BCUT2D eigenvalue weighted by Crippen LogP contribution is -2.28. The Morgan fingerprint density at radius 1 is 1.08 bits per heavy atom. The summed E-state index contributed by atoms with van der Waals surface area (Å²) in [6.07, 6.45) is 0.752. The average Bonchev–Trinajstić information content (AvgIpc) is 2.64. The monoisotopic (exact) mass is 353 g/mol. The van der Waals surface area contributed by atoms with Crippen molar-refractivity contribution in [3.63, 3.8) is 0 Å². The highest BCUT2D eigenvalue weighted by atomic mass is 35.5. The molecule has 0 atom stereocenters. The lowest BCUT2D eigenvalue weighted by molar-refractivity contribution is -0.123. The van der Waals surface area contributed by atoms with Crippen molar-refractivity contribution in [1.29, 1.82) is 0 Å². The molecule has 126 valence electrons. The highest BCUT2D eigenvalue weighted by Crippen LogP contribution is 2.26. The van der Waals surface area contributed by atoms with Crippen molar-refractivity contribution >= 4 is 34.6 Å². The maximum absolute atomic E-state index is 12.0. The zero-order valence-electron chi connectivity index (χ0n) is 13.4. The molecule has 0 bridgehead atoms. The molecule has 0 saturated carbocycles. The number of carbonyl (C=O) groups excluding carboxylic acids is 2. The van der Waals surface area contributed by atoms with E-state index in [0.717, 1.165) is 22.6 Å². The Hall–Kier alpha value is -2.85. The van der Waals surface area contributed by atoms with E-state index >= 15 is 0 Å². The molecule has 0 aliphatic rings. The van der Waals surface area contributed by atoms with E-state index in [0.29, 0.717) is 22.9 Å². The third-order valence-electron chi connectivity index (χ3n) is 3.79. The van der Waals surface area contributed by atoms with Gasteiger partial charge in [0.25, 0.3) is 5.91 Å². The van der Waals surface area contributed by atoms with Crippen LogP contribution in [0.5, 0.6) is 5.75 Å². The Labute approximate surface area is 150 Å². The summed E-state index contributed by atoms with van der Waals surface area (Å²) in [5.41, 5.74) is 1.35. The topological polar surface area (TPSA) is 55.4 Å². The molecule has 0 fully saturated rings. The van der Waals surface area contributed by atoms with Crippen molar-refractivity contribution in [1.82, 2.24) is 5.32 Å². The van der Waals surface area contributed by atoms with Gasteiger partial charge in [0, 0.05) is 11.6 Å². The Morgan fingerprint density at radius 3 is 2.72 bits per heavy atom. The molecule has 3 rings (SSSR count). The average molecular weight is 354 g/mol. The summed E-state index contributed by atoms with van der Waals surface area (Å²) < 4.78 is 5.54. The Balaban J connectivity index is 1.64. The maximum atomic E-state index is 12.0. The number of nitrogens with one attached hydrogen (secondary N) is 1. The van der Waals surface area contributed by atoms with Crippen molar-refractivity contribution in [2.24, 2.45) is 0 Å². The van der Waals surface area contributed by atoms with Crippen LogP contribution < -0.4 is 10.1 Å². The number of benzene rings is 3. The number of halogens is 1. The summed E-state index contributed by atoms with van der Waals surface area (Å²) in [6.45, 7) is 0.195. The van der Waals surface area contributed by atoms with Gasteiger partial charge in [-0.25, -0.2) is 0 Å². The zero-order valence-corrected chi connectivity index (χ0v) is 14.1. The van der Waals surface area contributed by atoms with Gasteiger partial charge in [-0.15, -0.1) is 0 Å². The van der Waals surface area contributed by atoms with E-state index < -0.39 is 0 Å². The van der Waals surface area contributed by atoms with Gasteiger partial charge < -0.3 is 10.1 Å². The van der Waals surface area contributed by atoms with E-state index in [2.05, 4.69) is 5.32 Å². The maximum Gasteiger partial charge on any atom is 0.258 e. The highest BCUT2D eigenvalue weighted by Gasteiger charge is 2.10.